The number of anilines is 2. The van der Waals surface area contributed by atoms with E-state index in [0.29, 0.717) is 24.4 Å². The van der Waals surface area contributed by atoms with Crippen molar-refractivity contribution in [1.29, 1.82) is 0 Å². The maximum absolute atomic E-state index is 12.4. The van der Waals surface area contributed by atoms with Gasteiger partial charge >= 0.3 is 13.8 Å². The zero-order valence-corrected chi connectivity index (χ0v) is 17.5. The fraction of sp³-hybridized carbons (Fsp3) is 0.294. The van der Waals surface area contributed by atoms with Crippen molar-refractivity contribution in [2.24, 2.45) is 0 Å². The largest absolute Gasteiger partial charge is 0.416 e. The first-order valence-electron chi connectivity index (χ1n) is 8.88. The van der Waals surface area contributed by atoms with Gasteiger partial charge < -0.3 is 15.5 Å². The molecule has 0 radical (unpaired) electrons. The summed E-state index contributed by atoms with van der Waals surface area (Å²) in [5, 5.41) is 26.4. The van der Waals surface area contributed by atoms with Crippen LogP contribution in [0.2, 0.25) is 0 Å². The van der Waals surface area contributed by atoms with E-state index in [1.807, 2.05) is 19.9 Å². The van der Waals surface area contributed by atoms with Crippen LogP contribution in [0.15, 0.2) is 36.4 Å². The van der Waals surface area contributed by atoms with Gasteiger partial charge in [0.15, 0.2) is 0 Å². The number of alkyl halides is 3. The monoisotopic (exact) mass is 478 g/mol. The van der Waals surface area contributed by atoms with Gasteiger partial charge in [-0.15, -0.1) is 0 Å². The average Bonchev–Trinajstić information content (AvgIpc) is 3.28. The number of hydrogen-bond acceptors (Lipinski definition) is 8. The predicted molar refractivity (Wildman–Crippen MR) is 108 cm³/mol. The number of rotatable bonds is 6. The van der Waals surface area contributed by atoms with Gasteiger partial charge in [-0.25, -0.2) is 0 Å². The molecule has 15 heteroatoms. The van der Waals surface area contributed by atoms with E-state index >= 15 is 0 Å². The molecule has 1 fully saturated rings. The molecule has 3 rings (SSSR count). The van der Waals surface area contributed by atoms with E-state index in [2.05, 4.69) is 15.2 Å². The number of hydrogen-bond donors (Lipinski definition) is 3. The number of nitrogens with one attached hydrogen (secondary N) is 2. The Morgan fingerprint density at radius 2 is 1.62 bits per heavy atom. The standard InChI is InChI=1S/C9H12N2O2.C8H6F3N2O5P/c1-3-10-8-5-4-7(2)6-9(8)11(12)13;9-8(10,11)4-1-2-5(6(3-4)13(14)15)12-7-18-19(7,16)17/h4-6,10H,3H2,1-2H3;1-3,7,12H,(H,16,17). The van der Waals surface area contributed by atoms with Crippen molar-refractivity contribution in [2.45, 2.75) is 26.0 Å². The molecule has 11 nitrogen and oxygen atoms in total. The third-order valence-corrected chi connectivity index (χ3v) is 5.15. The zero-order chi connectivity index (χ0) is 24.3. The van der Waals surface area contributed by atoms with E-state index < -0.39 is 35.9 Å². The summed E-state index contributed by atoms with van der Waals surface area (Å²) in [7, 11) is -3.81. The smallest absolute Gasteiger partial charge is 0.380 e. The summed E-state index contributed by atoms with van der Waals surface area (Å²) in [6.45, 7) is 4.43. The minimum atomic E-state index is -4.72. The molecule has 0 saturated carbocycles. The van der Waals surface area contributed by atoms with Crippen LogP contribution >= 0.6 is 7.60 Å². The highest BCUT2D eigenvalue weighted by Crippen LogP contribution is 2.65. The van der Waals surface area contributed by atoms with Crippen LogP contribution in [0.3, 0.4) is 0 Å². The Kier molecular flexibility index (Phi) is 7.44. The molecule has 0 spiro atoms. The summed E-state index contributed by atoms with van der Waals surface area (Å²) in [5.41, 5.74) is -0.748. The zero-order valence-electron chi connectivity index (χ0n) is 16.6. The predicted octanol–water partition coefficient (Wildman–Crippen LogP) is 4.86. The lowest BCUT2D eigenvalue weighted by Crippen LogP contribution is -2.09. The lowest BCUT2D eigenvalue weighted by atomic mass is 10.1. The van der Waals surface area contributed by atoms with Crippen molar-refractivity contribution in [3.63, 3.8) is 0 Å². The molecule has 32 heavy (non-hydrogen) atoms. The first-order valence-corrected chi connectivity index (χ1v) is 10.5. The van der Waals surface area contributed by atoms with Crippen molar-refractivity contribution in [3.05, 3.63) is 67.8 Å². The van der Waals surface area contributed by atoms with E-state index in [1.165, 1.54) is 0 Å². The van der Waals surface area contributed by atoms with Crippen LogP contribution in [0.5, 0.6) is 0 Å². The second-order valence-electron chi connectivity index (χ2n) is 6.46. The normalized spacial score (nSPS) is 19.4. The number of halogens is 3. The molecule has 0 aromatic heterocycles. The van der Waals surface area contributed by atoms with Gasteiger partial charge in [-0.1, -0.05) is 6.07 Å². The van der Waals surface area contributed by atoms with Crippen molar-refractivity contribution >= 4 is 30.3 Å². The highest BCUT2D eigenvalue weighted by atomic mass is 31.2. The van der Waals surface area contributed by atoms with Crippen LogP contribution in [-0.2, 0) is 15.3 Å². The van der Waals surface area contributed by atoms with Crippen LogP contribution in [0, 0.1) is 27.2 Å². The average molecular weight is 478 g/mol. The highest BCUT2D eigenvalue weighted by Gasteiger charge is 2.53. The molecule has 174 valence electrons. The van der Waals surface area contributed by atoms with Crippen LogP contribution < -0.4 is 10.6 Å². The van der Waals surface area contributed by atoms with E-state index in [9.17, 15) is 38.0 Å². The Bertz CT molecular complexity index is 1080. The highest BCUT2D eigenvalue weighted by molar-refractivity contribution is 7.59. The Labute approximate surface area is 179 Å². The van der Waals surface area contributed by atoms with Crippen LogP contribution in [0.25, 0.3) is 0 Å². The lowest BCUT2D eigenvalue weighted by Gasteiger charge is -2.08. The molecule has 1 aliphatic rings. The van der Waals surface area contributed by atoms with Crippen molar-refractivity contribution in [2.75, 3.05) is 17.2 Å². The Hall–Kier alpha value is -3.22. The first-order chi connectivity index (χ1) is 14.8. The van der Waals surface area contributed by atoms with E-state index in [0.717, 1.165) is 11.6 Å². The summed E-state index contributed by atoms with van der Waals surface area (Å²) >= 11 is 0. The third kappa shape index (κ3) is 6.39. The fourth-order valence-electron chi connectivity index (χ4n) is 2.47. The SMILES string of the molecule is CCNc1ccc(C)cc1[N+](=O)[O-].O=[N+]([O-])c1cc(C(F)(F)F)ccc1NC1OP1(=O)O. The molecule has 1 heterocycles. The molecule has 1 saturated heterocycles. The quantitative estimate of drug-likeness (QED) is 0.228. The Morgan fingerprint density at radius 1 is 1.09 bits per heavy atom. The number of benzene rings is 2. The van der Waals surface area contributed by atoms with E-state index in [-0.39, 0.29) is 16.3 Å². The molecule has 0 amide bonds. The summed E-state index contributed by atoms with van der Waals surface area (Å²) in [6.07, 6.45) is -4.72. The molecule has 2 aromatic carbocycles. The van der Waals surface area contributed by atoms with Gasteiger partial charge in [0.05, 0.1) is 15.4 Å². The van der Waals surface area contributed by atoms with Gasteiger partial charge in [-0.05, 0) is 37.6 Å². The van der Waals surface area contributed by atoms with Gasteiger partial charge in [0.1, 0.15) is 11.4 Å². The van der Waals surface area contributed by atoms with Gasteiger partial charge in [-0.3, -0.25) is 29.3 Å². The van der Waals surface area contributed by atoms with E-state index in [1.54, 1.807) is 12.1 Å². The van der Waals surface area contributed by atoms with Crippen molar-refractivity contribution in [3.8, 4) is 0 Å². The molecular formula is C17H18F3N4O7P. The topological polar surface area (TPSA) is 160 Å². The van der Waals surface area contributed by atoms with Crippen LogP contribution in [0.1, 0.15) is 18.1 Å². The Morgan fingerprint density at radius 3 is 2.09 bits per heavy atom. The summed E-state index contributed by atoms with van der Waals surface area (Å²) in [5.74, 6) is -1.33. The molecule has 3 N–H and O–H groups in total. The molecule has 2 unspecified atom stereocenters. The van der Waals surface area contributed by atoms with E-state index in [4.69, 9.17) is 4.89 Å². The minimum Gasteiger partial charge on any atom is -0.380 e. The molecular weight excluding hydrogens is 460 g/mol. The molecule has 0 bridgehead atoms. The first kappa shape index (κ1) is 25.0. The van der Waals surface area contributed by atoms with Gasteiger partial charge in [0, 0.05) is 18.7 Å². The van der Waals surface area contributed by atoms with Crippen LogP contribution in [-0.4, -0.2) is 27.3 Å². The maximum Gasteiger partial charge on any atom is 0.416 e. The number of aryl methyl sites for hydroxylation is 1. The number of nitro benzene ring substituents is 2. The summed E-state index contributed by atoms with van der Waals surface area (Å²) < 4.78 is 52.4. The van der Waals surface area contributed by atoms with Gasteiger partial charge in [0.2, 0.25) is 5.97 Å². The summed E-state index contributed by atoms with van der Waals surface area (Å²) in [6, 6.07) is 6.93. The van der Waals surface area contributed by atoms with Gasteiger partial charge in [0.25, 0.3) is 11.4 Å². The molecule has 2 atom stereocenters. The second kappa shape index (κ2) is 9.51. The summed E-state index contributed by atoms with van der Waals surface area (Å²) in [4.78, 5) is 28.8. The molecule has 0 aliphatic carbocycles. The Balaban J connectivity index is 0.000000244. The number of nitro groups is 2. The van der Waals surface area contributed by atoms with Gasteiger partial charge in [-0.2, -0.15) is 13.2 Å². The fourth-order valence-corrected chi connectivity index (χ4v) is 3.30. The second-order valence-corrected chi connectivity index (χ2v) is 8.27. The number of nitrogens with zero attached hydrogens (tertiary/aromatic N) is 2. The lowest BCUT2D eigenvalue weighted by molar-refractivity contribution is -0.384. The van der Waals surface area contributed by atoms with Crippen molar-refractivity contribution in [1.82, 2.24) is 0 Å². The third-order valence-electron chi connectivity index (χ3n) is 4.02. The molecule has 1 aliphatic heterocycles. The van der Waals surface area contributed by atoms with Crippen molar-refractivity contribution < 1.29 is 37.0 Å². The van der Waals surface area contributed by atoms with Crippen LogP contribution in [0.4, 0.5) is 35.9 Å². The minimum absolute atomic E-state index is 0.141. The maximum atomic E-state index is 12.4. The molecule has 2 aromatic rings.